The average Bonchev–Trinajstić information content (AvgIpc) is 2.71. The minimum absolute atomic E-state index is 0.0603. The van der Waals surface area contributed by atoms with Gasteiger partial charge in [0.1, 0.15) is 23.2 Å². The van der Waals surface area contributed by atoms with Gasteiger partial charge in [-0.1, -0.05) is 18.2 Å². The summed E-state index contributed by atoms with van der Waals surface area (Å²) in [6.45, 7) is 1.77. The van der Waals surface area contributed by atoms with Crippen LogP contribution in [0.3, 0.4) is 0 Å². The maximum absolute atomic E-state index is 12.6. The molecule has 0 saturated carbocycles. The number of thioether (sulfide) groups is 1. The molecule has 2 aliphatic rings. The van der Waals surface area contributed by atoms with E-state index in [1.165, 1.54) is 42.0 Å². The summed E-state index contributed by atoms with van der Waals surface area (Å²) in [5.74, 6) is -1.77. The number of carbonyl (C=O) groups excluding carboxylic acids is 2. The van der Waals surface area contributed by atoms with Crippen molar-refractivity contribution < 1.29 is 29.3 Å². The van der Waals surface area contributed by atoms with Crippen LogP contribution in [0.25, 0.3) is 0 Å². The Kier molecular flexibility index (Phi) is 5.85. The Bertz CT molecular complexity index is 929. The molecule has 2 heterocycles. The minimum Gasteiger partial charge on any atom is -0.504 e. The predicted molar refractivity (Wildman–Crippen MR) is 106 cm³/mol. The molecule has 1 aromatic carbocycles. The summed E-state index contributed by atoms with van der Waals surface area (Å²) >= 11 is 1.38. The Labute approximate surface area is 171 Å². The predicted octanol–water partition coefficient (Wildman–Crippen LogP) is 0.715. The number of phenols is 1. The summed E-state index contributed by atoms with van der Waals surface area (Å²) in [7, 11) is 1.38. The number of hydrogen-bond donors (Lipinski definition) is 4. The molecule has 0 bridgehead atoms. The quantitative estimate of drug-likeness (QED) is 0.494. The number of aliphatic carboxylic acids is 1. The highest BCUT2D eigenvalue weighted by Crippen LogP contribution is 2.40. The van der Waals surface area contributed by atoms with Crippen LogP contribution in [0.15, 0.2) is 41.6 Å². The Hall–Kier alpha value is -2.98. The van der Waals surface area contributed by atoms with E-state index in [9.17, 15) is 24.6 Å². The van der Waals surface area contributed by atoms with Crippen LogP contribution in [0.4, 0.5) is 0 Å². The second-order valence-corrected chi connectivity index (χ2v) is 7.59. The number of nitrogens with one attached hydrogen (secondary N) is 1. The lowest BCUT2D eigenvalue weighted by molar-refractivity contribution is -0.150. The highest BCUT2D eigenvalue weighted by molar-refractivity contribution is 8.00. The third kappa shape index (κ3) is 3.68. The molecule has 29 heavy (non-hydrogen) atoms. The van der Waals surface area contributed by atoms with Crippen molar-refractivity contribution in [3.63, 3.8) is 0 Å². The molecule has 10 heteroatoms. The van der Waals surface area contributed by atoms with Crippen LogP contribution < -0.4 is 15.8 Å². The summed E-state index contributed by atoms with van der Waals surface area (Å²) in [6.07, 6.45) is 3.38. The van der Waals surface area contributed by atoms with Crippen molar-refractivity contribution in [1.29, 1.82) is 0 Å². The van der Waals surface area contributed by atoms with Gasteiger partial charge in [-0.25, -0.2) is 4.79 Å². The van der Waals surface area contributed by atoms with Gasteiger partial charge in [-0.2, -0.15) is 0 Å². The number of carboxylic acid groups (broad SMARTS) is 1. The second-order valence-electron chi connectivity index (χ2n) is 6.48. The maximum Gasteiger partial charge on any atom is 0.352 e. The fourth-order valence-electron chi connectivity index (χ4n) is 3.25. The number of methoxy groups -OCH3 is 1. The van der Waals surface area contributed by atoms with Crippen LogP contribution in [-0.2, 0) is 14.4 Å². The van der Waals surface area contributed by atoms with Crippen molar-refractivity contribution in [2.24, 2.45) is 5.73 Å². The molecule has 1 saturated heterocycles. The number of amides is 2. The van der Waals surface area contributed by atoms with Gasteiger partial charge in [0.25, 0.3) is 5.91 Å². The number of allylic oxidation sites excluding steroid dienone is 2. The largest absolute Gasteiger partial charge is 0.504 e. The first kappa shape index (κ1) is 20.7. The van der Waals surface area contributed by atoms with Gasteiger partial charge in [0, 0.05) is 5.75 Å². The molecule has 2 amide bonds. The Morgan fingerprint density at radius 1 is 1.45 bits per heavy atom. The second kappa shape index (κ2) is 8.18. The Morgan fingerprint density at radius 3 is 2.79 bits per heavy atom. The van der Waals surface area contributed by atoms with Crippen molar-refractivity contribution >= 4 is 29.5 Å². The molecule has 0 aliphatic carbocycles. The standard InChI is InChI=1S/C19H21N3O6S/c1-3-4-10-8-29-18-14(17(25)22(18)15(10)19(26)27)21-16(24)13(20)9-5-6-11(23)12(7-9)28-2/h3-7,13-14,18,23H,8,20H2,1-2H3,(H,21,24)(H,26,27)/b4-3-/t13?,14-,18+/m1/s1. The highest BCUT2D eigenvalue weighted by atomic mass is 32.2. The zero-order valence-corrected chi connectivity index (χ0v) is 16.6. The average molecular weight is 419 g/mol. The molecule has 0 aromatic heterocycles. The highest BCUT2D eigenvalue weighted by Gasteiger charge is 2.54. The molecule has 1 unspecified atom stereocenters. The first-order valence-electron chi connectivity index (χ1n) is 8.76. The summed E-state index contributed by atoms with van der Waals surface area (Å²) in [6, 6.07) is 2.34. The maximum atomic E-state index is 12.6. The van der Waals surface area contributed by atoms with E-state index in [-0.39, 0.29) is 17.2 Å². The summed E-state index contributed by atoms with van der Waals surface area (Å²) in [5.41, 5.74) is 6.89. The molecule has 3 rings (SSSR count). The number of ether oxygens (including phenoxy) is 1. The number of carbonyl (C=O) groups is 3. The third-order valence-electron chi connectivity index (χ3n) is 4.71. The number of rotatable bonds is 6. The molecule has 0 spiro atoms. The van der Waals surface area contributed by atoms with Crippen molar-refractivity contribution in [3.8, 4) is 11.5 Å². The monoisotopic (exact) mass is 419 g/mol. The lowest BCUT2D eigenvalue weighted by Crippen LogP contribution is -2.71. The van der Waals surface area contributed by atoms with Gasteiger partial charge in [-0.15, -0.1) is 11.8 Å². The van der Waals surface area contributed by atoms with Crippen LogP contribution >= 0.6 is 11.8 Å². The number of benzene rings is 1. The number of nitrogens with zero attached hydrogens (tertiary/aromatic N) is 1. The number of fused-ring (bicyclic) bond motifs is 1. The minimum atomic E-state index is -1.19. The molecule has 0 radical (unpaired) electrons. The van der Waals surface area contributed by atoms with Crippen LogP contribution in [0.5, 0.6) is 11.5 Å². The fourth-order valence-corrected chi connectivity index (χ4v) is 4.57. The lowest BCUT2D eigenvalue weighted by atomic mass is 10.0. The van der Waals surface area contributed by atoms with Gasteiger partial charge in [-0.3, -0.25) is 14.5 Å². The number of phenolic OH excluding ortho intramolecular Hbond substituents is 1. The number of β-lactam (4-membered cyclic amide) rings is 1. The van der Waals surface area contributed by atoms with E-state index in [0.29, 0.717) is 16.9 Å². The molecular weight excluding hydrogens is 398 g/mol. The van der Waals surface area contributed by atoms with E-state index in [2.05, 4.69) is 5.32 Å². The molecule has 1 fully saturated rings. The van der Waals surface area contributed by atoms with Crippen LogP contribution in [0, 0.1) is 0 Å². The van der Waals surface area contributed by atoms with Gasteiger partial charge in [-0.05, 0) is 30.2 Å². The first-order chi connectivity index (χ1) is 13.8. The molecule has 5 N–H and O–H groups in total. The Balaban J connectivity index is 1.75. The number of hydrogen-bond acceptors (Lipinski definition) is 7. The van der Waals surface area contributed by atoms with Crippen molar-refractivity contribution in [2.75, 3.05) is 12.9 Å². The topological polar surface area (TPSA) is 142 Å². The summed E-state index contributed by atoms with van der Waals surface area (Å²) < 4.78 is 5.01. The van der Waals surface area contributed by atoms with Gasteiger partial charge in [0.15, 0.2) is 11.5 Å². The van der Waals surface area contributed by atoms with Gasteiger partial charge >= 0.3 is 5.97 Å². The molecule has 2 aliphatic heterocycles. The molecular formula is C19H21N3O6S. The SMILES string of the molecule is C/C=C\C1=C(C(=O)O)N2C(=O)[C@@H](NC(=O)C(N)c3ccc(O)c(OC)c3)[C@@H]2SC1. The molecule has 9 nitrogen and oxygen atoms in total. The lowest BCUT2D eigenvalue weighted by Gasteiger charge is -2.49. The third-order valence-corrected chi connectivity index (χ3v) is 6.01. The Morgan fingerprint density at radius 2 is 2.17 bits per heavy atom. The zero-order chi connectivity index (χ0) is 21.3. The van der Waals surface area contributed by atoms with Crippen LogP contribution in [0.1, 0.15) is 18.5 Å². The smallest absolute Gasteiger partial charge is 0.352 e. The molecule has 3 atom stereocenters. The van der Waals surface area contributed by atoms with Crippen molar-refractivity contribution in [1.82, 2.24) is 10.2 Å². The van der Waals surface area contributed by atoms with Crippen LogP contribution in [-0.4, -0.2) is 57.2 Å². The van der Waals surface area contributed by atoms with Gasteiger partial charge in [0.05, 0.1) is 7.11 Å². The number of nitrogens with two attached hydrogens (primary N) is 1. The van der Waals surface area contributed by atoms with Gasteiger partial charge in [0.2, 0.25) is 5.91 Å². The van der Waals surface area contributed by atoms with E-state index in [4.69, 9.17) is 10.5 Å². The fraction of sp³-hybridized carbons (Fsp3) is 0.316. The van der Waals surface area contributed by atoms with E-state index >= 15 is 0 Å². The van der Waals surface area contributed by atoms with Gasteiger partial charge < -0.3 is 26.0 Å². The molecule has 154 valence electrons. The molecule has 1 aromatic rings. The summed E-state index contributed by atoms with van der Waals surface area (Å²) in [5, 5.41) is 21.3. The zero-order valence-electron chi connectivity index (χ0n) is 15.8. The number of aromatic hydroxyl groups is 1. The normalized spacial score (nSPS) is 22.2. The van der Waals surface area contributed by atoms with Crippen molar-refractivity contribution in [3.05, 3.63) is 47.2 Å². The van der Waals surface area contributed by atoms with E-state index in [1.807, 2.05) is 0 Å². The van der Waals surface area contributed by atoms with E-state index in [1.54, 1.807) is 19.1 Å². The number of carboxylic acids is 1. The summed E-state index contributed by atoms with van der Waals surface area (Å²) in [4.78, 5) is 38.0. The van der Waals surface area contributed by atoms with E-state index < -0.39 is 35.2 Å². The van der Waals surface area contributed by atoms with E-state index in [0.717, 1.165) is 0 Å². The van der Waals surface area contributed by atoms with Crippen molar-refractivity contribution in [2.45, 2.75) is 24.4 Å². The first-order valence-corrected chi connectivity index (χ1v) is 9.81. The van der Waals surface area contributed by atoms with Crippen LogP contribution in [0.2, 0.25) is 0 Å².